The minimum atomic E-state index is -4.53. The highest BCUT2D eigenvalue weighted by molar-refractivity contribution is 6.32. The monoisotopic (exact) mass is 313 g/mol. The van der Waals surface area contributed by atoms with Crippen molar-refractivity contribution in [1.29, 1.82) is 0 Å². The summed E-state index contributed by atoms with van der Waals surface area (Å²) in [7, 11) is 0. The van der Waals surface area contributed by atoms with E-state index < -0.39 is 17.5 Å². The number of halogens is 4. The molecule has 0 atom stereocenters. The molecule has 0 aromatic heterocycles. The van der Waals surface area contributed by atoms with Gasteiger partial charge in [0.15, 0.2) is 5.78 Å². The molecule has 0 unspecified atom stereocenters. The van der Waals surface area contributed by atoms with Crippen LogP contribution in [0.3, 0.4) is 0 Å². The molecule has 21 heavy (non-hydrogen) atoms. The number of anilines is 1. The molecule has 0 fully saturated rings. The lowest BCUT2D eigenvalue weighted by atomic mass is 9.98. The molecule has 0 amide bonds. The number of ketones is 1. The van der Waals surface area contributed by atoms with E-state index in [1.165, 1.54) is 12.1 Å². The zero-order valence-corrected chi connectivity index (χ0v) is 11.7. The fourth-order valence-electron chi connectivity index (χ4n) is 1.82. The summed E-state index contributed by atoms with van der Waals surface area (Å²) in [5, 5.41) is 0.367. The highest BCUT2D eigenvalue weighted by Gasteiger charge is 2.31. The van der Waals surface area contributed by atoms with Gasteiger partial charge < -0.3 is 5.73 Å². The quantitative estimate of drug-likeness (QED) is 0.656. The molecule has 0 bridgehead atoms. The van der Waals surface area contributed by atoms with Gasteiger partial charge in [-0.1, -0.05) is 23.7 Å². The van der Waals surface area contributed by atoms with Gasteiger partial charge in [-0.2, -0.15) is 13.2 Å². The van der Waals surface area contributed by atoms with E-state index in [1.807, 2.05) is 0 Å². The van der Waals surface area contributed by atoms with Crippen LogP contribution in [0.25, 0.3) is 0 Å². The molecule has 0 aliphatic carbocycles. The Bertz CT molecular complexity index is 711. The van der Waals surface area contributed by atoms with Crippen molar-refractivity contribution in [3.8, 4) is 0 Å². The van der Waals surface area contributed by atoms with E-state index in [2.05, 4.69) is 0 Å². The fraction of sp³-hybridized carbons (Fsp3) is 0.133. The number of benzene rings is 2. The molecule has 0 aliphatic rings. The van der Waals surface area contributed by atoms with Gasteiger partial charge in [0.25, 0.3) is 0 Å². The number of hydrogen-bond acceptors (Lipinski definition) is 2. The summed E-state index contributed by atoms with van der Waals surface area (Å²) in [6, 6.07) is 7.22. The average Bonchev–Trinajstić information content (AvgIpc) is 2.40. The molecule has 0 saturated carbocycles. The van der Waals surface area contributed by atoms with Crippen LogP contribution in [-0.4, -0.2) is 5.78 Å². The first kappa shape index (κ1) is 15.4. The molecule has 6 heteroatoms. The van der Waals surface area contributed by atoms with Crippen molar-refractivity contribution in [3.05, 3.63) is 63.7 Å². The van der Waals surface area contributed by atoms with Gasteiger partial charge in [0.05, 0.1) is 5.56 Å². The number of hydrogen-bond donors (Lipinski definition) is 1. The largest absolute Gasteiger partial charge is 0.416 e. The Labute approximate surface area is 124 Å². The van der Waals surface area contributed by atoms with E-state index in [0.29, 0.717) is 5.02 Å². The summed E-state index contributed by atoms with van der Waals surface area (Å²) in [5.41, 5.74) is 5.46. The van der Waals surface area contributed by atoms with Crippen molar-refractivity contribution in [2.75, 3.05) is 5.73 Å². The molecular weight excluding hydrogens is 303 g/mol. The van der Waals surface area contributed by atoms with Crippen LogP contribution < -0.4 is 5.73 Å². The molecule has 2 nitrogen and oxygen atoms in total. The summed E-state index contributed by atoms with van der Waals surface area (Å²) in [4.78, 5) is 12.3. The summed E-state index contributed by atoms with van der Waals surface area (Å²) >= 11 is 5.93. The van der Waals surface area contributed by atoms with Crippen LogP contribution in [0.2, 0.25) is 5.02 Å². The molecule has 0 saturated heterocycles. The lowest BCUT2D eigenvalue weighted by molar-refractivity contribution is -0.137. The van der Waals surface area contributed by atoms with E-state index in [9.17, 15) is 18.0 Å². The molecule has 0 aliphatic heterocycles. The van der Waals surface area contributed by atoms with Gasteiger partial charge in [-0.25, -0.2) is 0 Å². The Hall–Kier alpha value is -2.01. The van der Waals surface area contributed by atoms with Crippen LogP contribution >= 0.6 is 11.6 Å². The van der Waals surface area contributed by atoms with Gasteiger partial charge in [0.1, 0.15) is 0 Å². The third kappa shape index (κ3) is 3.19. The third-order valence-corrected chi connectivity index (χ3v) is 3.47. The maximum Gasteiger partial charge on any atom is 0.416 e. The first-order valence-corrected chi connectivity index (χ1v) is 6.35. The number of carbonyl (C=O) groups is 1. The summed E-state index contributed by atoms with van der Waals surface area (Å²) in [6.45, 7) is 1.76. The minimum Gasteiger partial charge on any atom is -0.398 e. The van der Waals surface area contributed by atoms with Gasteiger partial charge in [0.2, 0.25) is 0 Å². The minimum absolute atomic E-state index is 0.00954. The number of aryl methyl sites for hydroxylation is 1. The zero-order chi connectivity index (χ0) is 15.8. The second-order valence-electron chi connectivity index (χ2n) is 4.59. The van der Waals surface area contributed by atoms with Crippen LogP contribution in [0, 0.1) is 6.92 Å². The maximum absolute atomic E-state index is 12.7. The third-order valence-electron chi connectivity index (χ3n) is 3.06. The molecule has 2 N–H and O–H groups in total. The molecule has 2 aromatic carbocycles. The van der Waals surface area contributed by atoms with Crippen molar-refractivity contribution in [3.63, 3.8) is 0 Å². The van der Waals surface area contributed by atoms with Gasteiger partial charge in [-0.3, -0.25) is 4.79 Å². The van der Waals surface area contributed by atoms with E-state index in [4.69, 9.17) is 17.3 Å². The Morgan fingerprint density at radius 1 is 1.14 bits per heavy atom. The highest BCUT2D eigenvalue weighted by atomic mass is 35.5. The predicted octanol–water partition coefficient (Wildman–Crippen LogP) is 4.48. The van der Waals surface area contributed by atoms with Crippen molar-refractivity contribution >= 4 is 23.1 Å². The average molecular weight is 314 g/mol. The van der Waals surface area contributed by atoms with Crippen LogP contribution in [0.1, 0.15) is 27.0 Å². The summed E-state index contributed by atoms with van der Waals surface area (Å²) < 4.78 is 38.1. The van der Waals surface area contributed by atoms with E-state index in [1.54, 1.807) is 13.0 Å². The van der Waals surface area contributed by atoms with Crippen molar-refractivity contribution < 1.29 is 18.0 Å². The molecule has 110 valence electrons. The molecular formula is C15H11ClF3NO. The summed E-state index contributed by atoms with van der Waals surface area (Å²) in [6.07, 6.45) is -4.53. The topological polar surface area (TPSA) is 43.1 Å². The Morgan fingerprint density at radius 3 is 2.38 bits per heavy atom. The van der Waals surface area contributed by atoms with Gasteiger partial charge in [0, 0.05) is 21.8 Å². The highest BCUT2D eigenvalue weighted by Crippen LogP contribution is 2.32. The lowest BCUT2D eigenvalue weighted by Gasteiger charge is -2.11. The first-order valence-electron chi connectivity index (χ1n) is 5.97. The zero-order valence-electron chi connectivity index (χ0n) is 11.0. The van der Waals surface area contributed by atoms with Crippen molar-refractivity contribution in [2.24, 2.45) is 0 Å². The fourth-order valence-corrected chi connectivity index (χ4v) is 2.00. The number of alkyl halides is 3. The van der Waals surface area contributed by atoms with Gasteiger partial charge >= 0.3 is 6.18 Å². The standard InChI is InChI=1S/C15H11ClF3NO/c1-8-2-3-9(6-12(8)16)14(21)11-7-10(15(17,18)19)4-5-13(11)20/h2-7H,20H2,1H3. The number of rotatable bonds is 2. The molecule has 2 aromatic rings. The smallest absolute Gasteiger partial charge is 0.398 e. The van der Waals surface area contributed by atoms with Crippen LogP contribution in [0.15, 0.2) is 36.4 Å². The Kier molecular flexibility index (Phi) is 3.96. The molecule has 0 heterocycles. The van der Waals surface area contributed by atoms with E-state index >= 15 is 0 Å². The Morgan fingerprint density at radius 2 is 1.81 bits per heavy atom. The molecule has 0 spiro atoms. The van der Waals surface area contributed by atoms with Gasteiger partial charge in [-0.05, 0) is 36.8 Å². The second-order valence-corrected chi connectivity index (χ2v) is 5.00. The number of carbonyl (C=O) groups excluding carboxylic acids is 1. The SMILES string of the molecule is Cc1ccc(C(=O)c2cc(C(F)(F)F)ccc2N)cc1Cl. The van der Waals surface area contributed by atoms with Crippen molar-refractivity contribution in [2.45, 2.75) is 13.1 Å². The van der Waals surface area contributed by atoms with Crippen LogP contribution in [0.5, 0.6) is 0 Å². The number of nitrogens with two attached hydrogens (primary N) is 1. The maximum atomic E-state index is 12.7. The summed E-state index contributed by atoms with van der Waals surface area (Å²) in [5.74, 6) is -0.597. The van der Waals surface area contributed by atoms with Crippen LogP contribution in [-0.2, 0) is 6.18 Å². The lowest BCUT2D eigenvalue weighted by Crippen LogP contribution is -2.10. The normalized spacial score (nSPS) is 11.5. The van der Waals surface area contributed by atoms with Crippen molar-refractivity contribution in [1.82, 2.24) is 0 Å². The second kappa shape index (κ2) is 5.41. The molecule has 0 radical (unpaired) electrons. The van der Waals surface area contributed by atoms with Crippen LogP contribution in [0.4, 0.5) is 18.9 Å². The Balaban J connectivity index is 2.50. The van der Waals surface area contributed by atoms with Gasteiger partial charge in [-0.15, -0.1) is 0 Å². The predicted molar refractivity (Wildman–Crippen MR) is 75.5 cm³/mol. The number of nitrogen functional groups attached to an aromatic ring is 1. The van der Waals surface area contributed by atoms with E-state index in [-0.39, 0.29) is 16.8 Å². The molecule has 2 rings (SSSR count). The van der Waals surface area contributed by atoms with E-state index in [0.717, 1.165) is 23.8 Å². The first-order chi connectivity index (χ1) is 9.70.